The van der Waals surface area contributed by atoms with Crippen LogP contribution in [0.2, 0.25) is 5.02 Å². The summed E-state index contributed by atoms with van der Waals surface area (Å²) in [7, 11) is 0. The summed E-state index contributed by atoms with van der Waals surface area (Å²) in [5.41, 5.74) is 1.97. The molecule has 2 heteroatoms. The van der Waals surface area contributed by atoms with Crippen LogP contribution in [0.25, 0.3) is 0 Å². The third kappa shape index (κ3) is 1.87. The van der Waals surface area contributed by atoms with E-state index in [2.05, 4.69) is 5.32 Å². The summed E-state index contributed by atoms with van der Waals surface area (Å²) >= 11 is 5.94. The van der Waals surface area contributed by atoms with Crippen molar-refractivity contribution in [3.63, 3.8) is 0 Å². The van der Waals surface area contributed by atoms with Crippen molar-refractivity contribution < 1.29 is 4.11 Å². The Hall–Kier alpha value is -0.530. The first-order valence-corrected chi connectivity index (χ1v) is 4.85. The molecule has 1 aromatic carbocycles. The highest BCUT2D eigenvalue weighted by Gasteiger charge is 2.13. The van der Waals surface area contributed by atoms with Crippen molar-refractivity contribution in [2.75, 3.05) is 13.1 Å². The zero-order chi connectivity index (χ0) is 11.8. The van der Waals surface area contributed by atoms with Crippen LogP contribution in [-0.4, -0.2) is 13.1 Å². The van der Waals surface area contributed by atoms with Gasteiger partial charge >= 0.3 is 0 Å². The van der Waals surface area contributed by atoms with Crippen LogP contribution < -0.4 is 5.32 Å². The van der Waals surface area contributed by atoms with E-state index < -0.39 is 12.8 Å². The lowest BCUT2D eigenvalue weighted by Crippen LogP contribution is -2.18. The summed E-state index contributed by atoms with van der Waals surface area (Å²) in [6.45, 7) is -0.665. The van der Waals surface area contributed by atoms with Gasteiger partial charge in [-0.05, 0) is 42.1 Å². The fourth-order valence-corrected chi connectivity index (χ4v) is 1.88. The quantitative estimate of drug-likeness (QED) is 0.676. The van der Waals surface area contributed by atoms with Crippen molar-refractivity contribution >= 4 is 11.6 Å². The maximum absolute atomic E-state index is 7.58. The molecule has 0 saturated heterocycles. The monoisotopic (exact) mass is 198 g/mol. The second-order valence-electron chi connectivity index (χ2n) is 3.35. The average Bonchev–Trinajstić information content (AvgIpc) is 2.38. The van der Waals surface area contributed by atoms with E-state index in [9.17, 15) is 0 Å². The van der Waals surface area contributed by atoms with Crippen LogP contribution in [0.5, 0.6) is 0 Å². The Balaban J connectivity index is 2.47. The first-order valence-electron chi connectivity index (χ1n) is 5.97. The van der Waals surface area contributed by atoms with Crippen LogP contribution in [-0.2, 0) is 6.42 Å². The molecule has 1 atom stereocenters. The van der Waals surface area contributed by atoms with Gasteiger partial charge in [0.1, 0.15) is 0 Å². The largest absolute Gasteiger partial charge is 0.316 e. The van der Waals surface area contributed by atoms with E-state index in [4.69, 9.17) is 15.7 Å². The van der Waals surface area contributed by atoms with Crippen molar-refractivity contribution in [1.29, 1.82) is 0 Å². The molecule has 0 bridgehead atoms. The molecule has 1 aromatic rings. The zero-order valence-corrected chi connectivity index (χ0v) is 8.06. The Morgan fingerprint density at radius 2 is 2.54 bits per heavy atom. The van der Waals surface area contributed by atoms with Gasteiger partial charge in [-0.25, -0.2) is 0 Å². The molecule has 2 rings (SSSR count). The number of nitrogens with one attached hydrogen (secondary N) is 1. The van der Waals surface area contributed by atoms with E-state index in [1.54, 1.807) is 6.07 Å². The first kappa shape index (κ1) is 6.05. The molecule has 1 unspecified atom stereocenters. The highest BCUT2D eigenvalue weighted by atomic mass is 35.5. The highest BCUT2D eigenvalue weighted by Crippen LogP contribution is 2.25. The predicted molar refractivity (Wildman–Crippen MR) is 56.4 cm³/mol. The van der Waals surface area contributed by atoms with Gasteiger partial charge in [-0.3, -0.25) is 0 Å². The van der Waals surface area contributed by atoms with Crippen LogP contribution in [0.4, 0.5) is 0 Å². The normalized spacial score (nSPS) is 26.5. The van der Waals surface area contributed by atoms with Crippen LogP contribution in [0.15, 0.2) is 18.2 Å². The molecule has 1 heterocycles. The Morgan fingerprint density at radius 1 is 1.62 bits per heavy atom. The average molecular weight is 199 g/mol. The Kier molecular flexibility index (Phi) is 1.71. The second kappa shape index (κ2) is 3.69. The topological polar surface area (TPSA) is 12.0 Å². The lowest BCUT2D eigenvalue weighted by Gasteiger charge is -2.11. The second-order valence-corrected chi connectivity index (χ2v) is 3.79. The third-order valence-corrected chi connectivity index (χ3v) is 2.64. The standard InChI is InChI=1S/C11H14ClN/c1-8-7-13-5-4-9-2-3-10(12)6-11(8)9/h2-3,6,8,13H,4-5,7H2,1H3/i1D3. The lowest BCUT2D eigenvalue weighted by atomic mass is 9.96. The van der Waals surface area contributed by atoms with Crippen molar-refractivity contribution in [2.24, 2.45) is 0 Å². The van der Waals surface area contributed by atoms with Gasteiger partial charge in [0.25, 0.3) is 0 Å². The number of halogens is 1. The summed E-state index contributed by atoms with van der Waals surface area (Å²) in [6, 6.07) is 5.55. The fourth-order valence-electron chi connectivity index (χ4n) is 1.70. The number of hydrogen-bond acceptors (Lipinski definition) is 1. The summed E-state index contributed by atoms with van der Waals surface area (Å²) in [6.07, 6.45) is 0.860. The van der Waals surface area contributed by atoms with E-state index in [-0.39, 0.29) is 0 Å². The van der Waals surface area contributed by atoms with E-state index >= 15 is 0 Å². The first-order chi connectivity index (χ1) is 7.48. The molecule has 0 radical (unpaired) electrons. The zero-order valence-electron chi connectivity index (χ0n) is 10.3. The van der Waals surface area contributed by atoms with Gasteiger partial charge in [-0.1, -0.05) is 24.5 Å². The molecular formula is C11H14ClN. The minimum atomic E-state index is -1.98. The Bertz CT molecular complexity index is 389. The van der Waals surface area contributed by atoms with Crippen LogP contribution >= 0.6 is 11.6 Å². The molecule has 0 aliphatic carbocycles. The van der Waals surface area contributed by atoms with Gasteiger partial charge in [-0.15, -0.1) is 0 Å². The molecule has 0 fully saturated rings. The van der Waals surface area contributed by atoms with Crippen LogP contribution in [0, 0.1) is 0 Å². The van der Waals surface area contributed by atoms with Crippen molar-refractivity contribution in [3.05, 3.63) is 34.3 Å². The number of hydrogen-bond donors (Lipinski definition) is 1. The molecule has 0 spiro atoms. The van der Waals surface area contributed by atoms with E-state index in [0.29, 0.717) is 11.6 Å². The minimum absolute atomic E-state index is 0.455. The smallest absolute Gasteiger partial charge is 0.0409 e. The van der Waals surface area contributed by atoms with Gasteiger partial charge < -0.3 is 5.32 Å². The van der Waals surface area contributed by atoms with Crippen molar-refractivity contribution in [1.82, 2.24) is 5.32 Å². The van der Waals surface area contributed by atoms with Crippen LogP contribution in [0.1, 0.15) is 28.0 Å². The van der Waals surface area contributed by atoms with Gasteiger partial charge in [0.05, 0.1) is 0 Å². The van der Waals surface area contributed by atoms with E-state index in [0.717, 1.165) is 24.1 Å². The molecule has 1 aliphatic heterocycles. The maximum Gasteiger partial charge on any atom is 0.0409 e. The molecule has 0 amide bonds. The summed E-state index contributed by atoms with van der Waals surface area (Å²) in [4.78, 5) is 0. The number of rotatable bonds is 0. The lowest BCUT2D eigenvalue weighted by molar-refractivity contribution is 0.644. The highest BCUT2D eigenvalue weighted by molar-refractivity contribution is 6.30. The summed E-state index contributed by atoms with van der Waals surface area (Å²) < 4.78 is 22.7. The molecular weight excluding hydrogens is 182 g/mol. The number of benzene rings is 1. The molecule has 70 valence electrons. The molecule has 1 N–H and O–H groups in total. The molecule has 1 nitrogen and oxygen atoms in total. The van der Waals surface area contributed by atoms with Gasteiger partial charge in [0.15, 0.2) is 0 Å². The number of fused-ring (bicyclic) bond motifs is 1. The molecule has 0 aromatic heterocycles. The minimum Gasteiger partial charge on any atom is -0.316 e. The van der Waals surface area contributed by atoms with Gasteiger partial charge in [-0.2, -0.15) is 0 Å². The Morgan fingerprint density at radius 3 is 3.38 bits per heavy atom. The fraction of sp³-hybridized carbons (Fsp3) is 0.455. The van der Waals surface area contributed by atoms with E-state index in [1.165, 1.54) is 0 Å². The van der Waals surface area contributed by atoms with Gasteiger partial charge in [0, 0.05) is 15.7 Å². The van der Waals surface area contributed by atoms with E-state index in [1.807, 2.05) is 12.1 Å². The van der Waals surface area contributed by atoms with Crippen molar-refractivity contribution in [2.45, 2.75) is 19.2 Å². The molecule has 13 heavy (non-hydrogen) atoms. The SMILES string of the molecule is [2H]C([2H])([2H])C1CNCCc2ccc(Cl)cc21. The maximum atomic E-state index is 7.58. The van der Waals surface area contributed by atoms with Crippen molar-refractivity contribution in [3.8, 4) is 0 Å². The molecule has 1 aliphatic rings. The summed E-state index contributed by atoms with van der Waals surface area (Å²) in [5.74, 6) is -0.455. The predicted octanol–water partition coefficient (Wildman–Crippen LogP) is 2.59. The molecule has 0 saturated carbocycles. The summed E-state index contributed by atoms with van der Waals surface area (Å²) in [5, 5.41) is 3.77. The third-order valence-electron chi connectivity index (χ3n) is 2.40. The van der Waals surface area contributed by atoms with Crippen LogP contribution in [0.3, 0.4) is 0 Å². The Labute approximate surface area is 88.3 Å². The van der Waals surface area contributed by atoms with Gasteiger partial charge in [0.2, 0.25) is 0 Å².